The molecule has 0 saturated heterocycles. The van der Waals surface area contributed by atoms with E-state index in [2.05, 4.69) is 25.3 Å². The number of rotatable bonds is 4. The molecule has 0 spiro atoms. The minimum atomic E-state index is -0.451. The summed E-state index contributed by atoms with van der Waals surface area (Å²) in [7, 11) is 2.98. The smallest absolute Gasteiger partial charge is 0.339 e. The number of methoxy groups -OCH3 is 1. The van der Waals surface area contributed by atoms with Crippen molar-refractivity contribution in [2.24, 2.45) is 7.05 Å². The molecule has 0 saturated carbocycles. The molecule has 0 aliphatic carbocycles. The third-order valence-electron chi connectivity index (χ3n) is 2.51. The fraction of sp³-hybridized carbons (Fsp3) is 0.250. The van der Waals surface area contributed by atoms with E-state index in [1.54, 1.807) is 19.2 Å². The van der Waals surface area contributed by atoms with Crippen molar-refractivity contribution in [2.45, 2.75) is 6.54 Å². The number of nitrogens with one attached hydrogen (secondary N) is 1. The summed E-state index contributed by atoms with van der Waals surface area (Å²) in [5.41, 5.74) is 1.21. The Morgan fingerprint density at radius 3 is 2.75 bits per heavy atom. The van der Waals surface area contributed by atoms with Crippen molar-refractivity contribution in [3.63, 3.8) is 0 Å². The number of esters is 1. The van der Waals surface area contributed by atoms with Crippen molar-refractivity contribution in [3.8, 4) is 0 Å². The highest BCUT2D eigenvalue weighted by atomic mass is 16.5. The molecule has 20 heavy (non-hydrogen) atoms. The molecule has 8 heteroatoms. The molecule has 0 aromatic carbocycles. The molecule has 104 valence electrons. The quantitative estimate of drug-likeness (QED) is 0.784. The van der Waals surface area contributed by atoms with E-state index in [0.717, 1.165) is 0 Å². The number of aryl methyl sites for hydroxylation is 1. The first-order chi connectivity index (χ1) is 9.60. The van der Waals surface area contributed by atoms with E-state index in [-0.39, 0.29) is 18.1 Å². The molecule has 0 radical (unpaired) electrons. The van der Waals surface area contributed by atoms with Gasteiger partial charge in [-0.05, 0) is 12.1 Å². The maximum absolute atomic E-state index is 11.7. The number of carbonyl (C=O) groups excluding carboxylic acids is 2. The molecular formula is C12H13N5O3. The van der Waals surface area contributed by atoms with Crippen molar-refractivity contribution >= 4 is 11.9 Å². The van der Waals surface area contributed by atoms with Gasteiger partial charge in [-0.3, -0.25) is 14.5 Å². The molecule has 1 amide bonds. The molecule has 0 aliphatic heterocycles. The summed E-state index contributed by atoms with van der Waals surface area (Å²) in [5.74, 6) is -0.787. The molecule has 2 rings (SSSR count). The third kappa shape index (κ3) is 3.16. The highest BCUT2D eigenvalue weighted by Gasteiger charge is 2.10. The Hall–Kier alpha value is -2.77. The monoisotopic (exact) mass is 275 g/mol. The molecule has 1 N–H and O–H groups in total. The lowest BCUT2D eigenvalue weighted by Gasteiger charge is -2.03. The van der Waals surface area contributed by atoms with Crippen LogP contribution in [0.5, 0.6) is 0 Å². The zero-order valence-corrected chi connectivity index (χ0v) is 11.0. The summed E-state index contributed by atoms with van der Waals surface area (Å²) in [5, 5.41) is 10.0. The van der Waals surface area contributed by atoms with E-state index in [9.17, 15) is 9.59 Å². The number of amides is 1. The van der Waals surface area contributed by atoms with Crippen LogP contribution in [0.25, 0.3) is 0 Å². The van der Waals surface area contributed by atoms with Crippen LogP contribution in [0.3, 0.4) is 0 Å². The Morgan fingerprint density at radius 1 is 1.40 bits per heavy atom. The number of pyridine rings is 1. The van der Waals surface area contributed by atoms with Crippen LogP contribution < -0.4 is 5.32 Å². The molecule has 0 aliphatic rings. The topological polar surface area (TPSA) is 99.0 Å². The van der Waals surface area contributed by atoms with Crippen LogP contribution in [0.1, 0.15) is 26.5 Å². The standard InChI is InChI=1S/C12H13N5O3/c1-17-7-10(15-16-17)11(18)14-6-9-4-3-8(5-13-9)12(19)20-2/h3-5,7H,6H2,1-2H3,(H,14,18). The fourth-order valence-electron chi connectivity index (χ4n) is 1.48. The van der Waals surface area contributed by atoms with Gasteiger partial charge in [0.1, 0.15) is 0 Å². The number of ether oxygens (including phenoxy) is 1. The summed E-state index contributed by atoms with van der Waals surface area (Å²) in [6.07, 6.45) is 2.92. The summed E-state index contributed by atoms with van der Waals surface area (Å²) in [4.78, 5) is 27.0. The van der Waals surface area contributed by atoms with Gasteiger partial charge in [0.15, 0.2) is 5.69 Å². The van der Waals surface area contributed by atoms with Crippen molar-refractivity contribution in [3.05, 3.63) is 41.5 Å². The van der Waals surface area contributed by atoms with Gasteiger partial charge in [-0.2, -0.15) is 0 Å². The molecule has 0 bridgehead atoms. The molecular weight excluding hydrogens is 262 g/mol. The van der Waals surface area contributed by atoms with Gasteiger partial charge in [-0.1, -0.05) is 5.21 Å². The van der Waals surface area contributed by atoms with E-state index in [1.807, 2.05) is 0 Å². The normalized spacial score (nSPS) is 10.1. The lowest BCUT2D eigenvalue weighted by Crippen LogP contribution is -2.23. The average Bonchev–Trinajstić information content (AvgIpc) is 2.91. The van der Waals surface area contributed by atoms with Crippen molar-refractivity contribution in [1.82, 2.24) is 25.3 Å². The first-order valence-electron chi connectivity index (χ1n) is 5.78. The van der Waals surface area contributed by atoms with Crippen LogP contribution >= 0.6 is 0 Å². The molecule has 2 aromatic rings. The van der Waals surface area contributed by atoms with E-state index >= 15 is 0 Å². The summed E-state index contributed by atoms with van der Waals surface area (Å²) in [6, 6.07) is 3.23. The minimum absolute atomic E-state index is 0.233. The van der Waals surface area contributed by atoms with E-state index < -0.39 is 5.97 Å². The lowest BCUT2D eigenvalue weighted by molar-refractivity contribution is 0.0600. The summed E-state index contributed by atoms with van der Waals surface area (Å²) >= 11 is 0. The Bertz CT molecular complexity index is 620. The van der Waals surface area contributed by atoms with Crippen molar-refractivity contribution in [2.75, 3.05) is 7.11 Å². The maximum atomic E-state index is 11.7. The second kappa shape index (κ2) is 5.91. The van der Waals surface area contributed by atoms with E-state index in [0.29, 0.717) is 11.3 Å². The van der Waals surface area contributed by atoms with Gasteiger partial charge in [0.05, 0.1) is 31.1 Å². The zero-order valence-electron chi connectivity index (χ0n) is 11.0. The number of hydrogen-bond acceptors (Lipinski definition) is 6. The van der Waals surface area contributed by atoms with Gasteiger partial charge >= 0.3 is 5.97 Å². The number of aromatic nitrogens is 4. The number of carbonyl (C=O) groups is 2. The fourth-order valence-corrected chi connectivity index (χ4v) is 1.48. The van der Waals surface area contributed by atoms with Gasteiger partial charge in [0.2, 0.25) is 0 Å². The van der Waals surface area contributed by atoms with E-state index in [1.165, 1.54) is 24.2 Å². The molecule has 0 fully saturated rings. The molecule has 2 heterocycles. The predicted octanol–water partition coefficient (Wildman–Crippen LogP) is -0.0733. The van der Waals surface area contributed by atoms with Crippen LogP contribution in [0, 0.1) is 0 Å². The van der Waals surface area contributed by atoms with Crippen LogP contribution in [0.15, 0.2) is 24.5 Å². The average molecular weight is 275 g/mol. The Labute approximate surface area is 114 Å². The molecule has 8 nitrogen and oxygen atoms in total. The SMILES string of the molecule is COC(=O)c1ccc(CNC(=O)c2cn(C)nn2)nc1. The van der Waals surface area contributed by atoms with Gasteiger partial charge in [-0.25, -0.2) is 4.79 Å². The third-order valence-corrected chi connectivity index (χ3v) is 2.51. The van der Waals surface area contributed by atoms with Gasteiger partial charge in [0, 0.05) is 13.2 Å². The summed E-state index contributed by atoms with van der Waals surface area (Å²) < 4.78 is 6.01. The maximum Gasteiger partial charge on any atom is 0.339 e. The van der Waals surface area contributed by atoms with Crippen LogP contribution in [-0.2, 0) is 18.3 Å². The second-order valence-electron chi connectivity index (χ2n) is 3.99. The molecule has 0 unspecified atom stereocenters. The largest absolute Gasteiger partial charge is 0.465 e. The second-order valence-corrected chi connectivity index (χ2v) is 3.99. The highest BCUT2D eigenvalue weighted by molar-refractivity contribution is 5.91. The Kier molecular flexibility index (Phi) is 4.04. The van der Waals surface area contributed by atoms with Crippen LogP contribution in [-0.4, -0.2) is 39.0 Å². The van der Waals surface area contributed by atoms with Gasteiger partial charge < -0.3 is 10.1 Å². The van der Waals surface area contributed by atoms with E-state index in [4.69, 9.17) is 0 Å². The van der Waals surface area contributed by atoms with Crippen molar-refractivity contribution in [1.29, 1.82) is 0 Å². The zero-order chi connectivity index (χ0) is 14.5. The number of hydrogen-bond donors (Lipinski definition) is 1. The first-order valence-corrected chi connectivity index (χ1v) is 5.78. The number of nitrogens with zero attached hydrogens (tertiary/aromatic N) is 4. The van der Waals surface area contributed by atoms with Gasteiger partial charge in [-0.15, -0.1) is 5.10 Å². The minimum Gasteiger partial charge on any atom is -0.465 e. The van der Waals surface area contributed by atoms with Crippen molar-refractivity contribution < 1.29 is 14.3 Å². The van der Waals surface area contributed by atoms with Gasteiger partial charge in [0.25, 0.3) is 5.91 Å². The predicted molar refractivity (Wildman–Crippen MR) is 67.7 cm³/mol. The summed E-state index contributed by atoms with van der Waals surface area (Å²) in [6.45, 7) is 0.233. The van der Waals surface area contributed by atoms with Crippen LogP contribution in [0.2, 0.25) is 0 Å². The Balaban J connectivity index is 1.94. The Morgan fingerprint density at radius 2 is 2.20 bits per heavy atom. The molecule has 2 aromatic heterocycles. The molecule has 0 atom stereocenters. The van der Waals surface area contributed by atoms with Crippen LogP contribution in [0.4, 0.5) is 0 Å². The highest BCUT2D eigenvalue weighted by Crippen LogP contribution is 2.02. The lowest BCUT2D eigenvalue weighted by atomic mass is 10.2. The first kappa shape index (κ1) is 13.7.